The van der Waals surface area contributed by atoms with Crippen LogP contribution in [0.3, 0.4) is 0 Å². The van der Waals surface area contributed by atoms with Crippen LogP contribution in [0.15, 0.2) is 16.8 Å². The maximum absolute atomic E-state index is 12.8. The first-order chi connectivity index (χ1) is 11.7. The van der Waals surface area contributed by atoms with Crippen molar-refractivity contribution in [2.75, 3.05) is 19.6 Å². The Labute approximate surface area is 142 Å². The van der Waals surface area contributed by atoms with Crippen molar-refractivity contribution >= 4 is 5.91 Å². The number of H-pyrrole nitrogens is 1. The molecule has 0 atom stereocenters. The molecule has 1 amide bonds. The third kappa shape index (κ3) is 3.24. The van der Waals surface area contributed by atoms with Gasteiger partial charge in [0, 0.05) is 31.5 Å². The van der Waals surface area contributed by atoms with Gasteiger partial charge in [0.1, 0.15) is 5.76 Å². The summed E-state index contributed by atoms with van der Waals surface area (Å²) in [6.45, 7) is 10.4. The van der Waals surface area contributed by atoms with Crippen LogP contribution in [0.1, 0.15) is 54.0 Å². The van der Waals surface area contributed by atoms with Gasteiger partial charge in [0.05, 0.1) is 24.3 Å². The minimum absolute atomic E-state index is 0.0317. The molecule has 0 aliphatic carbocycles. The molecule has 0 saturated carbocycles. The summed E-state index contributed by atoms with van der Waals surface area (Å²) in [6, 6.07) is 1.93. The van der Waals surface area contributed by atoms with Crippen molar-refractivity contribution in [2.24, 2.45) is 0 Å². The molecule has 0 fully saturated rings. The number of nitrogens with one attached hydrogen (secondary N) is 1. The quantitative estimate of drug-likeness (QED) is 0.884. The molecule has 0 bridgehead atoms. The zero-order valence-electron chi connectivity index (χ0n) is 14.8. The van der Waals surface area contributed by atoms with Crippen LogP contribution in [0.5, 0.6) is 0 Å². The summed E-state index contributed by atoms with van der Waals surface area (Å²) in [6.07, 6.45) is 3.29. The second kappa shape index (κ2) is 7.21. The van der Waals surface area contributed by atoms with Crippen molar-refractivity contribution in [1.29, 1.82) is 0 Å². The maximum atomic E-state index is 12.8. The first kappa shape index (κ1) is 16.8. The Morgan fingerprint density at radius 2 is 2.17 bits per heavy atom. The fourth-order valence-electron chi connectivity index (χ4n) is 3.23. The van der Waals surface area contributed by atoms with E-state index in [9.17, 15) is 4.79 Å². The van der Waals surface area contributed by atoms with E-state index in [0.29, 0.717) is 18.8 Å². The number of rotatable bonds is 6. The highest BCUT2D eigenvalue weighted by atomic mass is 16.4. The molecular weight excluding hydrogens is 304 g/mol. The lowest BCUT2D eigenvalue weighted by Gasteiger charge is -2.25. The Bertz CT molecular complexity index is 700. The minimum atomic E-state index is -0.0317. The van der Waals surface area contributed by atoms with Gasteiger partial charge in [0.2, 0.25) is 0 Å². The summed E-state index contributed by atoms with van der Waals surface area (Å²) in [7, 11) is 0. The van der Waals surface area contributed by atoms with Gasteiger partial charge in [-0.1, -0.05) is 20.8 Å². The van der Waals surface area contributed by atoms with Crippen LogP contribution in [0.2, 0.25) is 0 Å². The Kier molecular flexibility index (Phi) is 5.04. The van der Waals surface area contributed by atoms with E-state index < -0.39 is 0 Å². The summed E-state index contributed by atoms with van der Waals surface area (Å²) in [5.41, 5.74) is 3.22. The number of nitrogens with zero attached hydrogens (tertiary/aromatic N) is 3. The number of imidazole rings is 1. The van der Waals surface area contributed by atoms with Gasteiger partial charge >= 0.3 is 0 Å². The number of carbonyl (C=O) groups is 1. The average Bonchev–Trinajstić information content (AvgIpc) is 3.24. The predicted molar refractivity (Wildman–Crippen MR) is 91.7 cm³/mol. The number of aryl methyl sites for hydroxylation is 1. The molecule has 0 radical (unpaired) electrons. The molecule has 1 N–H and O–H groups in total. The highest BCUT2D eigenvalue weighted by Crippen LogP contribution is 2.22. The Morgan fingerprint density at radius 1 is 1.38 bits per heavy atom. The molecule has 0 aromatic carbocycles. The lowest BCUT2D eigenvalue weighted by Crippen LogP contribution is -2.35. The van der Waals surface area contributed by atoms with E-state index in [0.717, 1.165) is 55.2 Å². The Hall–Kier alpha value is -2.08. The molecular formula is C18H26N4O2. The van der Waals surface area contributed by atoms with E-state index >= 15 is 0 Å². The average molecular weight is 330 g/mol. The summed E-state index contributed by atoms with van der Waals surface area (Å²) >= 11 is 0. The standard InChI is InChI=1S/C18H26N4O2/c1-4-16-13(10-21(5-2)6-3)9-17(24-16)18(23)22-8-7-14-15(11-22)20-12-19-14/h9,12H,4-8,10-11H2,1-3H3,(H,19,20). The summed E-state index contributed by atoms with van der Waals surface area (Å²) < 4.78 is 5.89. The first-order valence-corrected chi connectivity index (χ1v) is 8.80. The second-order valence-corrected chi connectivity index (χ2v) is 6.18. The van der Waals surface area contributed by atoms with Gasteiger partial charge in [-0.25, -0.2) is 4.98 Å². The molecule has 0 saturated heterocycles. The van der Waals surface area contributed by atoms with Crippen molar-refractivity contribution in [3.63, 3.8) is 0 Å². The van der Waals surface area contributed by atoms with Gasteiger partial charge in [-0.05, 0) is 19.2 Å². The molecule has 0 unspecified atom stereocenters. The lowest BCUT2D eigenvalue weighted by atomic mass is 10.1. The van der Waals surface area contributed by atoms with E-state index in [-0.39, 0.29) is 5.91 Å². The van der Waals surface area contributed by atoms with Crippen molar-refractivity contribution in [3.05, 3.63) is 40.9 Å². The van der Waals surface area contributed by atoms with Crippen LogP contribution in [0.25, 0.3) is 0 Å². The molecule has 1 aliphatic heterocycles. The molecule has 130 valence electrons. The van der Waals surface area contributed by atoms with Gasteiger partial charge in [0.25, 0.3) is 5.91 Å². The molecule has 1 aliphatic rings. The van der Waals surface area contributed by atoms with Crippen LogP contribution in [0.4, 0.5) is 0 Å². The van der Waals surface area contributed by atoms with E-state index in [1.807, 2.05) is 11.0 Å². The zero-order valence-corrected chi connectivity index (χ0v) is 14.8. The number of hydrogen-bond acceptors (Lipinski definition) is 4. The number of carbonyl (C=O) groups excluding carboxylic acids is 1. The first-order valence-electron chi connectivity index (χ1n) is 8.80. The summed E-state index contributed by atoms with van der Waals surface area (Å²) in [4.78, 5) is 24.4. The minimum Gasteiger partial charge on any atom is -0.456 e. The van der Waals surface area contributed by atoms with Crippen LogP contribution < -0.4 is 0 Å². The third-order valence-corrected chi connectivity index (χ3v) is 4.78. The molecule has 3 heterocycles. The van der Waals surface area contributed by atoms with Gasteiger partial charge in [0.15, 0.2) is 5.76 Å². The number of hydrogen-bond donors (Lipinski definition) is 1. The van der Waals surface area contributed by atoms with Crippen LogP contribution in [0, 0.1) is 0 Å². The topological polar surface area (TPSA) is 65.4 Å². The molecule has 6 nitrogen and oxygen atoms in total. The van der Waals surface area contributed by atoms with E-state index in [4.69, 9.17) is 4.42 Å². The molecule has 24 heavy (non-hydrogen) atoms. The highest BCUT2D eigenvalue weighted by Gasteiger charge is 2.26. The smallest absolute Gasteiger partial charge is 0.289 e. The Morgan fingerprint density at radius 3 is 2.88 bits per heavy atom. The van der Waals surface area contributed by atoms with Gasteiger partial charge in [-0.15, -0.1) is 0 Å². The number of fused-ring (bicyclic) bond motifs is 1. The van der Waals surface area contributed by atoms with Gasteiger partial charge < -0.3 is 14.3 Å². The Balaban J connectivity index is 1.77. The normalized spacial score (nSPS) is 14.2. The highest BCUT2D eigenvalue weighted by molar-refractivity contribution is 5.92. The summed E-state index contributed by atoms with van der Waals surface area (Å²) in [5, 5.41) is 0. The lowest BCUT2D eigenvalue weighted by molar-refractivity contribution is 0.0698. The van der Waals surface area contributed by atoms with Crippen LogP contribution >= 0.6 is 0 Å². The fourth-order valence-corrected chi connectivity index (χ4v) is 3.23. The monoisotopic (exact) mass is 330 g/mol. The van der Waals surface area contributed by atoms with E-state index in [1.54, 1.807) is 6.33 Å². The van der Waals surface area contributed by atoms with Crippen molar-refractivity contribution in [1.82, 2.24) is 19.8 Å². The molecule has 3 rings (SSSR count). The third-order valence-electron chi connectivity index (χ3n) is 4.78. The molecule has 0 spiro atoms. The van der Waals surface area contributed by atoms with Crippen molar-refractivity contribution in [2.45, 2.75) is 46.7 Å². The number of furan rings is 1. The number of amides is 1. The second-order valence-electron chi connectivity index (χ2n) is 6.18. The molecule has 2 aromatic rings. The summed E-state index contributed by atoms with van der Waals surface area (Å²) in [5.74, 6) is 1.34. The van der Waals surface area contributed by atoms with Gasteiger partial charge in [-0.3, -0.25) is 9.69 Å². The maximum Gasteiger partial charge on any atom is 0.289 e. The van der Waals surface area contributed by atoms with Crippen molar-refractivity contribution < 1.29 is 9.21 Å². The zero-order chi connectivity index (χ0) is 17.1. The van der Waals surface area contributed by atoms with Crippen LogP contribution in [-0.4, -0.2) is 45.3 Å². The van der Waals surface area contributed by atoms with E-state index in [1.165, 1.54) is 0 Å². The number of aromatic amines is 1. The molecule has 6 heteroatoms. The SMILES string of the molecule is CCc1oc(C(=O)N2CCc3nc[nH]c3C2)cc1CN(CC)CC. The van der Waals surface area contributed by atoms with Crippen molar-refractivity contribution in [3.8, 4) is 0 Å². The predicted octanol–water partition coefficient (Wildman–Crippen LogP) is 2.61. The number of aromatic nitrogens is 2. The van der Waals surface area contributed by atoms with Gasteiger partial charge in [-0.2, -0.15) is 0 Å². The van der Waals surface area contributed by atoms with Crippen LogP contribution in [-0.2, 0) is 25.9 Å². The van der Waals surface area contributed by atoms with E-state index in [2.05, 4.69) is 35.6 Å². The fraction of sp³-hybridized carbons (Fsp3) is 0.556. The molecule has 2 aromatic heterocycles. The largest absolute Gasteiger partial charge is 0.456 e.